The number of hydrogen-bond acceptors (Lipinski definition) is 5. The minimum Gasteiger partial charge on any atom is -0.327 e. The Bertz CT molecular complexity index is 1780. The molecule has 0 fully saturated rings. The molecule has 8 nitrogen and oxygen atoms in total. The second kappa shape index (κ2) is 12.3. The maximum absolute atomic E-state index is 13.2. The van der Waals surface area contributed by atoms with E-state index in [4.69, 9.17) is 12.2 Å². The van der Waals surface area contributed by atoms with Gasteiger partial charge in [0.05, 0.1) is 16.7 Å². The zero-order chi connectivity index (χ0) is 28.8. The van der Waals surface area contributed by atoms with E-state index in [0.717, 1.165) is 16.8 Å². The molecule has 1 atom stereocenters. The van der Waals surface area contributed by atoms with Gasteiger partial charge in [0.2, 0.25) is 0 Å². The van der Waals surface area contributed by atoms with Crippen molar-refractivity contribution in [2.75, 3.05) is 5.32 Å². The van der Waals surface area contributed by atoms with Gasteiger partial charge in [-0.1, -0.05) is 78.4 Å². The number of urea groups is 1. The normalized spacial score (nSPS) is 12.0. The molecular weight excluding hydrogens is 555 g/mol. The fourth-order valence-corrected chi connectivity index (χ4v) is 6.08. The molecule has 1 heterocycles. The van der Waals surface area contributed by atoms with Gasteiger partial charge in [-0.25, -0.2) is 13.2 Å². The molecule has 208 valence electrons. The van der Waals surface area contributed by atoms with Gasteiger partial charge in [0.25, 0.3) is 0 Å². The third-order valence-electron chi connectivity index (χ3n) is 6.56. The molecule has 0 aliphatic heterocycles. The predicted molar refractivity (Wildman–Crippen MR) is 162 cm³/mol. The number of aryl methyl sites for hydroxylation is 1. The van der Waals surface area contributed by atoms with E-state index < -0.39 is 21.9 Å². The summed E-state index contributed by atoms with van der Waals surface area (Å²) < 4.78 is 27.9. The molecule has 0 saturated carbocycles. The molecule has 5 aromatic rings. The summed E-state index contributed by atoms with van der Waals surface area (Å²) in [5.41, 5.74) is 4.00. The second-order valence-corrected chi connectivity index (χ2v) is 12.0. The summed E-state index contributed by atoms with van der Waals surface area (Å²) in [4.78, 5) is 13.5. The molecular formula is C31H29N5O3S2. The Morgan fingerprint density at radius 1 is 0.878 bits per heavy atom. The average Bonchev–Trinajstić information content (AvgIpc) is 3.36. The number of benzene rings is 4. The lowest BCUT2D eigenvalue weighted by atomic mass is 10.1. The van der Waals surface area contributed by atoms with Gasteiger partial charge in [-0.2, -0.15) is 5.10 Å². The maximum Gasteiger partial charge on any atom is 0.319 e. The van der Waals surface area contributed by atoms with E-state index >= 15 is 0 Å². The number of para-hydroxylation sites is 1. The van der Waals surface area contributed by atoms with Crippen LogP contribution in [0, 0.1) is 11.7 Å². The van der Waals surface area contributed by atoms with Crippen molar-refractivity contribution in [2.45, 2.75) is 30.0 Å². The lowest BCUT2D eigenvalue weighted by Gasteiger charge is -2.20. The molecule has 0 aliphatic carbocycles. The number of aromatic nitrogens is 3. The van der Waals surface area contributed by atoms with E-state index in [9.17, 15) is 13.2 Å². The highest BCUT2D eigenvalue weighted by Gasteiger charge is 2.23. The number of aromatic amines is 1. The Balaban J connectivity index is 1.32. The molecule has 1 aromatic heterocycles. The van der Waals surface area contributed by atoms with Crippen LogP contribution in [0.4, 0.5) is 10.5 Å². The Labute approximate surface area is 244 Å². The van der Waals surface area contributed by atoms with Crippen molar-refractivity contribution in [2.24, 2.45) is 0 Å². The fourth-order valence-electron chi connectivity index (χ4n) is 4.48. The van der Waals surface area contributed by atoms with Crippen LogP contribution in [-0.2, 0) is 22.0 Å². The number of H-pyrrole nitrogens is 1. The highest BCUT2D eigenvalue weighted by Crippen LogP contribution is 2.22. The molecule has 41 heavy (non-hydrogen) atoms. The van der Waals surface area contributed by atoms with E-state index in [1.165, 1.54) is 0 Å². The topological polar surface area (TPSA) is 109 Å². The lowest BCUT2D eigenvalue weighted by Crippen LogP contribution is -2.35. The van der Waals surface area contributed by atoms with Gasteiger partial charge < -0.3 is 10.6 Å². The molecule has 0 bridgehead atoms. The second-order valence-electron chi connectivity index (χ2n) is 9.67. The number of anilines is 1. The summed E-state index contributed by atoms with van der Waals surface area (Å²) in [6.45, 7) is 1.91. The van der Waals surface area contributed by atoms with E-state index in [2.05, 4.69) is 20.8 Å². The van der Waals surface area contributed by atoms with Crippen LogP contribution in [0.2, 0.25) is 0 Å². The first-order valence-corrected chi connectivity index (χ1v) is 15.1. The molecule has 0 unspecified atom stereocenters. The molecule has 5 rings (SSSR count). The van der Waals surface area contributed by atoms with Crippen LogP contribution in [0.15, 0.2) is 114 Å². The van der Waals surface area contributed by atoms with Gasteiger partial charge in [-0.05, 0) is 66.7 Å². The Morgan fingerprint density at radius 2 is 1.51 bits per heavy atom. The van der Waals surface area contributed by atoms with Crippen LogP contribution in [0.5, 0.6) is 0 Å². The number of hydrogen-bond donors (Lipinski definition) is 3. The van der Waals surface area contributed by atoms with E-state index in [-0.39, 0.29) is 10.6 Å². The number of amides is 2. The molecule has 0 radical (unpaired) electrons. The number of carbonyl (C=O) groups is 1. The number of nitrogens with zero attached hydrogens (tertiary/aromatic N) is 2. The Kier molecular flexibility index (Phi) is 8.42. The summed E-state index contributed by atoms with van der Waals surface area (Å²) in [7, 11) is -3.49. The minimum absolute atomic E-state index is 0.135. The summed E-state index contributed by atoms with van der Waals surface area (Å²) in [6, 6.07) is 32.0. The van der Waals surface area contributed by atoms with Crippen molar-refractivity contribution < 1.29 is 13.2 Å². The Morgan fingerprint density at radius 3 is 2.17 bits per heavy atom. The SMILES string of the molecule is Cc1ccc(S(=O)(=O)Cc2ccc(NC(=O)N[C@H](Cc3ccccc3)c3n[nH]c(=S)n3-c3ccccc3)cc2)cc1. The highest BCUT2D eigenvalue weighted by atomic mass is 32.2. The van der Waals surface area contributed by atoms with Gasteiger partial charge in [-0.3, -0.25) is 9.67 Å². The smallest absolute Gasteiger partial charge is 0.319 e. The Hall–Kier alpha value is -4.54. The monoisotopic (exact) mass is 583 g/mol. The summed E-state index contributed by atoms with van der Waals surface area (Å²) >= 11 is 5.52. The highest BCUT2D eigenvalue weighted by molar-refractivity contribution is 7.90. The molecule has 2 amide bonds. The lowest BCUT2D eigenvalue weighted by molar-refractivity contribution is 0.247. The third kappa shape index (κ3) is 6.97. The quantitative estimate of drug-likeness (QED) is 0.176. The van der Waals surface area contributed by atoms with Crippen molar-refractivity contribution in [3.8, 4) is 5.69 Å². The van der Waals surface area contributed by atoms with Crippen molar-refractivity contribution in [1.29, 1.82) is 0 Å². The predicted octanol–water partition coefficient (Wildman–Crippen LogP) is 6.32. The van der Waals surface area contributed by atoms with E-state index in [0.29, 0.717) is 28.3 Å². The maximum atomic E-state index is 13.2. The van der Waals surface area contributed by atoms with Gasteiger partial charge in [0.1, 0.15) is 0 Å². The number of sulfone groups is 1. The van der Waals surface area contributed by atoms with E-state index in [1.54, 1.807) is 48.5 Å². The van der Waals surface area contributed by atoms with Gasteiger partial charge in [0, 0.05) is 17.8 Å². The molecule has 0 aliphatic rings. The summed E-state index contributed by atoms with van der Waals surface area (Å²) in [5.74, 6) is 0.431. The van der Waals surface area contributed by atoms with Crippen molar-refractivity contribution >= 4 is 33.8 Å². The zero-order valence-electron chi connectivity index (χ0n) is 22.3. The van der Waals surface area contributed by atoms with Crippen molar-refractivity contribution in [1.82, 2.24) is 20.1 Å². The molecule has 3 N–H and O–H groups in total. The first-order chi connectivity index (χ1) is 19.8. The number of rotatable bonds is 9. The van der Waals surface area contributed by atoms with Crippen molar-refractivity contribution in [3.63, 3.8) is 0 Å². The molecule has 0 spiro atoms. The van der Waals surface area contributed by atoms with Crippen LogP contribution < -0.4 is 10.6 Å². The average molecular weight is 584 g/mol. The minimum atomic E-state index is -3.49. The van der Waals surface area contributed by atoms with Gasteiger partial charge in [-0.15, -0.1) is 0 Å². The fraction of sp³-hybridized carbons (Fsp3) is 0.129. The van der Waals surface area contributed by atoms with Gasteiger partial charge >= 0.3 is 6.03 Å². The third-order valence-corrected chi connectivity index (χ3v) is 8.54. The molecule has 4 aromatic carbocycles. The van der Waals surface area contributed by atoms with Crippen LogP contribution in [0.25, 0.3) is 5.69 Å². The summed E-state index contributed by atoms with van der Waals surface area (Å²) in [6.07, 6.45) is 0.483. The number of nitrogens with one attached hydrogen (secondary N) is 3. The molecule has 10 heteroatoms. The van der Waals surface area contributed by atoms with Crippen LogP contribution in [-0.4, -0.2) is 29.2 Å². The zero-order valence-corrected chi connectivity index (χ0v) is 24.0. The van der Waals surface area contributed by atoms with E-state index in [1.807, 2.05) is 72.2 Å². The summed E-state index contributed by atoms with van der Waals surface area (Å²) in [5, 5.41) is 13.2. The van der Waals surface area contributed by atoms with Crippen LogP contribution >= 0.6 is 12.2 Å². The van der Waals surface area contributed by atoms with Gasteiger partial charge in [0.15, 0.2) is 20.4 Å². The first-order valence-electron chi connectivity index (χ1n) is 13.0. The molecule has 0 saturated heterocycles. The van der Waals surface area contributed by atoms with Crippen LogP contribution in [0.3, 0.4) is 0 Å². The standard InChI is InChI=1S/C31H29N5O3S2/c1-22-12-18-27(19-13-22)41(38,39)21-24-14-16-25(17-15-24)32-30(37)33-28(20-23-8-4-2-5-9-23)29-34-35-31(40)36(29)26-10-6-3-7-11-26/h2-19,28H,20-21H2,1H3,(H,35,40)(H2,32,33,37)/t28-/m1/s1. The first kappa shape index (κ1) is 28.0. The largest absolute Gasteiger partial charge is 0.327 e. The van der Waals surface area contributed by atoms with Crippen molar-refractivity contribution in [3.05, 3.63) is 136 Å². The van der Waals surface area contributed by atoms with Crippen LogP contribution in [0.1, 0.15) is 28.6 Å². The number of carbonyl (C=O) groups excluding carboxylic acids is 1.